The molecule has 166 valence electrons. The van der Waals surface area contributed by atoms with E-state index in [9.17, 15) is 4.79 Å². The van der Waals surface area contributed by atoms with Crippen LogP contribution in [0.3, 0.4) is 0 Å². The molecule has 3 rings (SSSR count). The van der Waals surface area contributed by atoms with E-state index in [1.165, 1.54) is 11.3 Å². The fraction of sp³-hybridized carbons (Fsp3) is 0.440. The topological polar surface area (TPSA) is 63.2 Å². The number of carbonyl (C=O) groups is 1. The van der Waals surface area contributed by atoms with E-state index < -0.39 is 0 Å². The molecule has 0 spiro atoms. The Morgan fingerprint density at radius 2 is 1.94 bits per heavy atom. The van der Waals surface area contributed by atoms with Gasteiger partial charge < -0.3 is 14.4 Å². The summed E-state index contributed by atoms with van der Waals surface area (Å²) >= 11 is 0. The molecule has 1 amide bonds. The van der Waals surface area contributed by atoms with Crippen LogP contribution >= 0.6 is 0 Å². The Kier molecular flexibility index (Phi) is 7.21. The minimum absolute atomic E-state index is 0.105. The summed E-state index contributed by atoms with van der Waals surface area (Å²) in [5, 5.41) is 4.10. The van der Waals surface area contributed by atoms with E-state index in [0.29, 0.717) is 11.7 Å². The molecule has 0 saturated carbocycles. The first-order valence-electron chi connectivity index (χ1n) is 10.8. The van der Waals surface area contributed by atoms with Crippen LogP contribution in [0, 0.1) is 0 Å². The number of rotatable bonds is 8. The first-order valence-corrected chi connectivity index (χ1v) is 10.8. The number of anilines is 1. The van der Waals surface area contributed by atoms with E-state index in [0.717, 1.165) is 30.7 Å². The first-order chi connectivity index (χ1) is 14.8. The van der Waals surface area contributed by atoms with Gasteiger partial charge in [-0.2, -0.15) is 5.10 Å². The van der Waals surface area contributed by atoms with Crippen molar-refractivity contribution < 1.29 is 14.3 Å². The quantitative estimate of drug-likeness (QED) is 0.493. The summed E-state index contributed by atoms with van der Waals surface area (Å²) in [6.45, 7) is 10.1. The second kappa shape index (κ2) is 9.86. The van der Waals surface area contributed by atoms with E-state index in [4.69, 9.17) is 9.47 Å². The molecule has 1 N–H and O–H groups in total. The average Bonchev–Trinajstić information content (AvgIpc) is 2.75. The van der Waals surface area contributed by atoms with Crippen molar-refractivity contribution in [1.29, 1.82) is 0 Å². The lowest BCUT2D eigenvalue weighted by Gasteiger charge is -2.47. The summed E-state index contributed by atoms with van der Waals surface area (Å²) in [4.78, 5) is 14.5. The molecular weight excluding hydrogens is 390 g/mol. The van der Waals surface area contributed by atoms with Crippen molar-refractivity contribution in [3.8, 4) is 11.5 Å². The van der Waals surface area contributed by atoms with E-state index in [-0.39, 0.29) is 18.1 Å². The zero-order chi connectivity index (χ0) is 22.4. The normalized spacial score (nSPS) is 17.3. The maximum Gasteiger partial charge on any atom is 0.277 e. The standard InChI is InChI=1S/C25H33N3O3/c1-6-13-28-23-12-7-19(14-22(23)18(2)15-25(28,3)4)16-26-27-24(29)17-31-21-10-8-20(30-5)9-11-21/h7-12,14,16,18H,6,13,15,17H2,1-5H3,(H,27,29)/b26-16+. The van der Waals surface area contributed by atoms with Crippen molar-refractivity contribution in [3.63, 3.8) is 0 Å². The lowest BCUT2D eigenvalue weighted by Crippen LogP contribution is -2.48. The van der Waals surface area contributed by atoms with Crippen LogP contribution in [-0.4, -0.2) is 37.9 Å². The van der Waals surface area contributed by atoms with Gasteiger partial charge in [0, 0.05) is 17.8 Å². The van der Waals surface area contributed by atoms with Crippen molar-refractivity contribution in [1.82, 2.24) is 5.43 Å². The van der Waals surface area contributed by atoms with Gasteiger partial charge in [-0.25, -0.2) is 5.43 Å². The molecule has 1 aliphatic rings. The number of methoxy groups -OCH3 is 1. The highest BCUT2D eigenvalue weighted by Crippen LogP contribution is 2.43. The molecule has 31 heavy (non-hydrogen) atoms. The van der Waals surface area contributed by atoms with Gasteiger partial charge in [-0.3, -0.25) is 4.79 Å². The van der Waals surface area contributed by atoms with E-state index in [1.807, 2.05) is 0 Å². The number of hydrogen-bond acceptors (Lipinski definition) is 5. The molecule has 1 aliphatic heterocycles. The van der Waals surface area contributed by atoms with Crippen molar-refractivity contribution in [2.24, 2.45) is 5.10 Å². The van der Waals surface area contributed by atoms with Crippen LogP contribution < -0.4 is 19.8 Å². The lowest BCUT2D eigenvalue weighted by atomic mass is 9.79. The third-order valence-corrected chi connectivity index (χ3v) is 5.69. The average molecular weight is 424 g/mol. The van der Waals surface area contributed by atoms with Crippen LogP contribution in [0.15, 0.2) is 47.6 Å². The molecule has 6 nitrogen and oxygen atoms in total. The molecule has 0 bridgehead atoms. The molecule has 1 unspecified atom stereocenters. The monoisotopic (exact) mass is 423 g/mol. The van der Waals surface area contributed by atoms with Crippen LogP contribution in [0.25, 0.3) is 0 Å². The van der Waals surface area contributed by atoms with Gasteiger partial charge in [-0.15, -0.1) is 0 Å². The summed E-state index contributed by atoms with van der Waals surface area (Å²) in [5.74, 6) is 1.50. The Labute approximate surface area is 185 Å². The van der Waals surface area contributed by atoms with Crippen LogP contribution in [0.5, 0.6) is 11.5 Å². The minimum atomic E-state index is -0.311. The van der Waals surface area contributed by atoms with Crippen molar-refractivity contribution >= 4 is 17.8 Å². The Morgan fingerprint density at radius 3 is 2.61 bits per heavy atom. The molecule has 0 aromatic heterocycles. The number of amides is 1. The maximum absolute atomic E-state index is 12.0. The summed E-state index contributed by atoms with van der Waals surface area (Å²) in [6, 6.07) is 13.5. The molecule has 1 heterocycles. The number of nitrogens with zero attached hydrogens (tertiary/aromatic N) is 2. The highest BCUT2D eigenvalue weighted by molar-refractivity contribution is 5.84. The third kappa shape index (κ3) is 5.57. The van der Waals surface area contributed by atoms with E-state index in [2.05, 4.69) is 61.3 Å². The molecule has 6 heteroatoms. The fourth-order valence-electron chi connectivity index (χ4n) is 4.27. The van der Waals surface area contributed by atoms with Gasteiger partial charge in [-0.1, -0.05) is 19.9 Å². The predicted octanol–water partition coefficient (Wildman–Crippen LogP) is 4.73. The molecular formula is C25H33N3O3. The van der Waals surface area contributed by atoms with E-state index >= 15 is 0 Å². The third-order valence-electron chi connectivity index (χ3n) is 5.69. The van der Waals surface area contributed by atoms with Gasteiger partial charge in [0.1, 0.15) is 11.5 Å². The molecule has 2 aromatic carbocycles. The molecule has 0 fully saturated rings. The highest BCUT2D eigenvalue weighted by Gasteiger charge is 2.35. The largest absolute Gasteiger partial charge is 0.497 e. The van der Waals surface area contributed by atoms with Gasteiger partial charge in [0.15, 0.2) is 6.61 Å². The van der Waals surface area contributed by atoms with Crippen LogP contribution in [0.4, 0.5) is 5.69 Å². The number of nitrogens with one attached hydrogen (secondary N) is 1. The number of hydrogen-bond donors (Lipinski definition) is 1. The number of benzene rings is 2. The van der Waals surface area contributed by atoms with Crippen molar-refractivity contribution in [2.75, 3.05) is 25.2 Å². The Bertz CT molecular complexity index is 922. The second-order valence-corrected chi connectivity index (χ2v) is 8.64. The Hall–Kier alpha value is -3.02. The summed E-state index contributed by atoms with van der Waals surface area (Å²) in [5.41, 5.74) is 6.29. The van der Waals surface area contributed by atoms with Gasteiger partial charge in [0.05, 0.1) is 13.3 Å². The lowest BCUT2D eigenvalue weighted by molar-refractivity contribution is -0.123. The van der Waals surface area contributed by atoms with Gasteiger partial charge >= 0.3 is 0 Å². The SMILES string of the molecule is CCCN1c2ccc(/C=N/NC(=O)COc3ccc(OC)cc3)cc2C(C)CC1(C)C. The number of ether oxygens (including phenoxy) is 2. The summed E-state index contributed by atoms with van der Waals surface area (Å²) in [6.07, 6.45) is 3.91. The Morgan fingerprint density at radius 1 is 1.23 bits per heavy atom. The molecule has 0 saturated heterocycles. The van der Waals surface area contributed by atoms with Crippen molar-refractivity contribution in [2.45, 2.75) is 52.0 Å². The first kappa shape index (κ1) is 22.7. The zero-order valence-corrected chi connectivity index (χ0v) is 19.1. The minimum Gasteiger partial charge on any atom is -0.497 e. The number of fused-ring (bicyclic) bond motifs is 1. The molecule has 1 atom stereocenters. The molecule has 0 radical (unpaired) electrons. The van der Waals surface area contributed by atoms with Crippen LogP contribution in [-0.2, 0) is 4.79 Å². The smallest absolute Gasteiger partial charge is 0.277 e. The maximum atomic E-state index is 12.0. The highest BCUT2D eigenvalue weighted by atomic mass is 16.5. The molecule has 2 aromatic rings. The van der Waals surface area contributed by atoms with Gasteiger partial charge in [0.25, 0.3) is 5.91 Å². The van der Waals surface area contributed by atoms with Gasteiger partial charge in [-0.05, 0) is 80.1 Å². The van der Waals surface area contributed by atoms with Crippen LogP contribution in [0.1, 0.15) is 57.6 Å². The fourth-order valence-corrected chi connectivity index (χ4v) is 4.27. The van der Waals surface area contributed by atoms with Crippen molar-refractivity contribution in [3.05, 3.63) is 53.6 Å². The summed E-state index contributed by atoms with van der Waals surface area (Å²) in [7, 11) is 1.60. The zero-order valence-electron chi connectivity index (χ0n) is 19.1. The summed E-state index contributed by atoms with van der Waals surface area (Å²) < 4.78 is 10.6. The number of hydrazone groups is 1. The van der Waals surface area contributed by atoms with E-state index in [1.54, 1.807) is 37.6 Å². The number of carbonyl (C=O) groups excluding carboxylic acids is 1. The predicted molar refractivity (Wildman–Crippen MR) is 125 cm³/mol. The molecule has 0 aliphatic carbocycles. The van der Waals surface area contributed by atoms with Gasteiger partial charge in [0.2, 0.25) is 0 Å². The second-order valence-electron chi connectivity index (χ2n) is 8.64. The van der Waals surface area contributed by atoms with Crippen LogP contribution in [0.2, 0.25) is 0 Å². The Balaban J connectivity index is 1.60.